The van der Waals surface area contributed by atoms with Crippen LogP contribution in [-0.4, -0.2) is 58.3 Å². The molecule has 2 aromatic carbocycles. The number of hydrogen-bond donors (Lipinski definition) is 1. The van der Waals surface area contributed by atoms with Gasteiger partial charge in [0, 0.05) is 50.7 Å². The number of anilines is 1. The highest BCUT2D eigenvalue weighted by molar-refractivity contribution is 5.99. The summed E-state index contributed by atoms with van der Waals surface area (Å²) in [4.78, 5) is 22.7. The van der Waals surface area contributed by atoms with E-state index < -0.39 is 0 Å². The maximum Gasteiger partial charge on any atom is 0.255 e. The van der Waals surface area contributed by atoms with Crippen molar-refractivity contribution in [1.82, 2.24) is 25.0 Å². The number of nitrogens with one attached hydrogen (secondary N) is 1. The van der Waals surface area contributed by atoms with Crippen LogP contribution < -0.4 is 10.2 Å². The maximum atomic E-state index is 13.2. The lowest BCUT2D eigenvalue weighted by Crippen LogP contribution is -2.46. The molecule has 5 rings (SSSR count). The zero-order valence-corrected chi connectivity index (χ0v) is 20.0. The van der Waals surface area contributed by atoms with Crippen molar-refractivity contribution in [3.05, 3.63) is 96.3 Å². The molecule has 1 aliphatic heterocycles. The molecule has 0 unspecified atom stereocenters. The van der Waals surface area contributed by atoms with E-state index in [1.54, 1.807) is 10.9 Å². The lowest BCUT2D eigenvalue weighted by Gasteiger charge is -2.34. The largest absolute Gasteiger partial charge is 0.354 e. The van der Waals surface area contributed by atoms with E-state index in [2.05, 4.69) is 27.0 Å². The van der Waals surface area contributed by atoms with Crippen molar-refractivity contribution in [1.29, 1.82) is 0 Å². The van der Waals surface area contributed by atoms with Crippen LogP contribution in [0, 0.1) is 0 Å². The molecule has 1 amide bonds. The molecule has 0 bridgehead atoms. The van der Waals surface area contributed by atoms with Gasteiger partial charge in [-0.3, -0.25) is 4.79 Å². The summed E-state index contributed by atoms with van der Waals surface area (Å²) in [6, 6.07) is 23.7. The molecular weight excluding hydrogens is 436 g/mol. The number of pyridine rings is 1. The first-order chi connectivity index (χ1) is 17.2. The molecule has 35 heavy (non-hydrogen) atoms. The van der Waals surface area contributed by atoms with E-state index in [1.165, 1.54) is 0 Å². The highest BCUT2D eigenvalue weighted by Gasteiger charge is 2.19. The van der Waals surface area contributed by atoms with Crippen molar-refractivity contribution in [3.8, 4) is 16.9 Å². The van der Waals surface area contributed by atoms with E-state index in [9.17, 15) is 4.79 Å². The second-order valence-electron chi connectivity index (χ2n) is 8.67. The summed E-state index contributed by atoms with van der Waals surface area (Å²) in [5.41, 5.74) is 3.97. The molecule has 1 aliphatic rings. The van der Waals surface area contributed by atoms with Gasteiger partial charge in [0.25, 0.3) is 5.91 Å². The van der Waals surface area contributed by atoms with Gasteiger partial charge in [-0.05, 0) is 30.3 Å². The summed E-state index contributed by atoms with van der Waals surface area (Å²) < 4.78 is 1.76. The molecule has 2 aromatic heterocycles. The molecule has 178 valence electrons. The van der Waals surface area contributed by atoms with Gasteiger partial charge in [0.15, 0.2) is 0 Å². The fourth-order valence-corrected chi connectivity index (χ4v) is 4.34. The number of nitrogens with zero attached hydrogens (tertiary/aromatic N) is 5. The topological polar surface area (TPSA) is 66.3 Å². The van der Waals surface area contributed by atoms with Crippen LogP contribution in [0.5, 0.6) is 0 Å². The van der Waals surface area contributed by atoms with Crippen LogP contribution in [0.4, 0.5) is 5.82 Å². The normalized spacial score (nSPS) is 14.1. The van der Waals surface area contributed by atoms with Gasteiger partial charge in [0.05, 0.1) is 11.3 Å². The number of hydrogen-bond acceptors (Lipinski definition) is 5. The molecule has 4 aromatic rings. The van der Waals surface area contributed by atoms with Crippen molar-refractivity contribution >= 4 is 11.7 Å². The van der Waals surface area contributed by atoms with Gasteiger partial charge in [-0.15, -0.1) is 0 Å². The average Bonchev–Trinajstić information content (AvgIpc) is 3.39. The molecule has 1 saturated heterocycles. The minimum atomic E-state index is -0.161. The summed E-state index contributed by atoms with van der Waals surface area (Å²) in [7, 11) is 0. The molecule has 0 spiro atoms. The molecular formula is C28H30N6O. The number of likely N-dealkylation sites (N-methyl/N-ethyl adjacent to an activating group) is 1. The Labute approximate surface area is 206 Å². The van der Waals surface area contributed by atoms with Crippen molar-refractivity contribution in [2.24, 2.45) is 0 Å². The Morgan fingerprint density at radius 2 is 1.63 bits per heavy atom. The van der Waals surface area contributed by atoms with Crippen LogP contribution in [0.1, 0.15) is 22.8 Å². The third kappa shape index (κ3) is 5.25. The Bertz CT molecular complexity index is 1250. The van der Waals surface area contributed by atoms with Gasteiger partial charge in [-0.25, -0.2) is 9.67 Å². The van der Waals surface area contributed by atoms with E-state index in [1.807, 2.05) is 79.0 Å². The molecule has 7 heteroatoms. The van der Waals surface area contributed by atoms with Crippen molar-refractivity contribution in [2.45, 2.75) is 13.5 Å². The van der Waals surface area contributed by atoms with E-state index in [4.69, 9.17) is 5.10 Å². The minimum Gasteiger partial charge on any atom is -0.354 e. The second kappa shape index (κ2) is 10.5. The lowest BCUT2D eigenvalue weighted by molar-refractivity contribution is 0.0951. The Hall–Kier alpha value is -3.97. The van der Waals surface area contributed by atoms with Gasteiger partial charge in [0.1, 0.15) is 11.5 Å². The fourth-order valence-electron chi connectivity index (χ4n) is 4.34. The molecule has 1 N–H and O–H groups in total. The highest BCUT2D eigenvalue weighted by atomic mass is 16.1. The smallest absolute Gasteiger partial charge is 0.255 e. The van der Waals surface area contributed by atoms with Crippen molar-refractivity contribution in [3.63, 3.8) is 0 Å². The summed E-state index contributed by atoms with van der Waals surface area (Å²) in [5, 5.41) is 7.79. The van der Waals surface area contributed by atoms with Crippen LogP contribution in [0.3, 0.4) is 0 Å². The number of benzene rings is 2. The monoisotopic (exact) mass is 466 g/mol. The predicted octanol–water partition coefficient (Wildman–Crippen LogP) is 4.01. The number of para-hydroxylation sites is 1. The van der Waals surface area contributed by atoms with Crippen LogP contribution in [0.25, 0.3) is 16.9 Å². The summed E-state index contributed by atoms with van der Waals surface area (Å²) >= 11 is 0. The van der Waals surface area contributed by atoms with Gasteiger partial charge < -0.3 is 15.1 Å². The fraction of sp³-hybridized carbons (Fsp3) is 0.250. The average molecular weight is 467 g/mol. The first-order valence-corrected chi connectivity index (χ1v) is 12.1. The SMILES string of the molecule is CCN1CCN(c2ccc(CNC(=O)c3cn(-c4ccccc4)nc3-c3ccccc3)cn2)CC1. The predicted molar refractivity (Wildman–Crippen MR) is 139 cm³/mol. The first kappa shape index (κ1) is 22.8. The Morgan fingerprint density at radius 1 is 0.914 bits per heavy atom. The lowest BCUT2D eigenvalue weighted by atomic mass is 10.1. The second-order valence-corrected chi connectivity index (χ2v) is 8.67. The van der Waals surface area contributed by atoms with Crippen molar-refractivity contribution in [2.75, 3.05) is 37.6 Å². The molecule has 3 heterocycles. The number of amides is 1. The molecule has 7 nitrogen and oxygen atoms in total. The number of piperazine rings is 1. The Balaban J connectivity index is 1.29. The molecule has 0 aliphatic carbocycles. The van der Waals surface area contributed by atoms with E-state index >= 15 is 0 Å². The van der Waals surface area contributed by atoms with E-state index in [0.29, 0.717) is 17.8 Å². The molecule has 0 saturated carbocycles. The standard InChI is InChI=1S/C28H30N6O/c1-2-32-15-17-33(18-16-32)26-14-13-22(19-29-26)20-30-28(35)25-21-34(24-11-7-4-8-12-24)31-27(25)23-9-5-3-6-10-23/h3-14,19,21H,2,15-18,20H2,1H3,(H,30,35). The molecule has 0 radical (unpaired) electrons. The number of rotatable bonds is 7. The number of aromatic nitrogens is 3. The number of carbonyl (C=O) groups excluding carboxylic acids is 1. The van der Waals surface area contributed by atoms with Gasteiger partial charge in [-0.1, -0.05) is 61.5 Å². The van der Waals surface area contributed by atoms with Crippen LogP contribution in [-0.2, 0) is 6.54 Å². The third-order valence-corrected chi connectivity index (χ3v) is 6.43. The van der Waals surface area contributed by atoms with Gasteiger partial charge in [-0.2, -0.15) is 5.10 Å². The van der Waals surface area contributed by atoms with E-state index in [-0.39, 0.29) is 5.91 Å². The summed E-state index contributed by atoms with van der Waals surface area (Å²) in [6.45, 7) is 7.81. The summed E-state index contributed by atoms with van der Waals surface area (Å²) in [6.07, 6.45) is 3.65. The van der Waals surface area contributed by atoms with Gasteiger partial charge >= 0.3 is 0 Å². The van der Waals surface area contributed by atoms with E-state index in [0.717, 1.165) is 55.4 Å². The Morgan fingerprint density at radius 3 is 2.29 bits per heavy atom. The van der Waals surface area contributed by atoms with Crippen LogP contribution >= 0.6 is 0 Å². The zero-order chi connectivity index (χ0) is 24.0. The number of carbonyl (C=O) groups is 1. The minimum absolute atomic E-state index is 0.161. The summed E-state index contributed by atoms with van der Waals surface area (Å²) in [5.74, 6) is 0.831. The molecule has 1 fully saturated rings. The highest BCUT2D eigenvalue weighted by Crippen LogP contribution is 2.24. The van der Waals surface area contributed by atoms with Crippen LogP contribution in [0.2, 0.25) is 0 Å². The van der Waals surface area contributed by atoms with Crippen molar-refractivity contribution < 1.29 is 4.79 Å². The first-order valence-electron chi connectivity index (χ1n) is 12.1. The zero-order valence-electron chi connectivity index (χ0n) is 20.0. The molecule has 0 atom stereocenters. The third-order valence-electron chi connectivity index (χ3n) is 6.43. The Kier molecular flexibility index (Phi) is 6.86. The maximum absolute atomic E-state index is 13.2. The van der Waals surface area contributed by atoms with Gasteiger partial charge in [0.2, 0.25) is 0 Å². The quantitative estimate of drug-likeness (QED) is 0.446. The van der Waals surface area contributed by atoms with Crippen LogP contribution in [0.15, 0.2) is 85.2 Å².